The van der Waals surface area contributed by atoms with Crippen LogP contribution in [0.1, 0.15) is 49.9 Å². The average Bonchev–Trinajstić information content (AvgIpc) is 3.04. The van der Waals surface area contributed by atoms with Crippen molar-refractivity contribution < 1.29 is 18.0 Å². The summed E-state index contributed by atoms with van der Waals surface area (Å²) in [6.07, 6.45) is 4.17. The van der Waals surface area contributed by atoms with Gasteiger partial charge in [0.15, 0.2) is 0 Å². The number of sulfonamides is 1. The number of rotatable bonds is 3. The molecule has 0 spiro atoms. The lowest BCUT2D eigenvalue weighted by Crippen LogP contribution is -2.34. The third-order valence-corrected chi connectivity index (χ3v) is 6.64. The Hall–Kier alpha value is -1.89. The molecule has 0 atom stereocenters. The number of nitrogens with one attached hydrogen (secondary N) is 1. The van der Waals surface area contributed by atoms with Crippen LogP contribution >= 0.6 is 0 Å². The zero-order valence-electron chi connectivity index (χ0n) is 13.9. The van der Waals surface area contributed by atoms with E-state index in [4.69, 9.17) is 0 Å². The smallest absolute Gasteiger partial charge is 0.251 e. The lowest BCUT2D eigenvalue weighted by molar-refractivity contribution is -0.123. The molecule has 130 valence electrons. The van der Waals surface area contributed by atoms with E-state index in [1.54, 1.807) is 32.0 Å². The normalized spacial score (nSPS) is 22.8. The zero-order valence-corrected chi connectivity index (χ0v) is 14.7. The number of nitrogens with zero attached hydrogens (tertiary/aromatic N) is 1. The molecule has 3 rings (SSSR count). The van der Waals surface area contributed by atoms with E-state index >= 15 is 0 Å². The molecular formula is C17H22N2O4S. The molecule has 6 nitrogen and oxygen atoms in total. The second-order valence-electron chi connectivity index (χ2n) is 7.21. The number of carbonyl (C=O) groups excluding carboxylic acids is 2. The second kappa shape index (κ2) is 5.88. The van der Waals surface area contributed by atoms with Crippen LogP contribution in [0, 0.1) is 5.41 Å². The summed E-state index contributed by atoms with van der Waals surface area (Å²) < 4.78 is 25.5. The first kappa shape index (κ1) is 17.0. The second-order valence-corrected chi connectivity index (χ2v) is 9.03. The summed E-state index contributed by atoms with van der Waals surface area (Å²) in [5.41, 5.74) is -0.363. The van der Waals surface area contributed by atoms with Gasteiger partial charge in [0.1, 0.15) is 0 Å². The Balaban J connectivity index is 1.87. The minimum absolute atomic E-state index is 0.178. The first-order chi connectivity index (χ1) is 11.2. The van der Waals surface area contributed by atoms with E-state index in [1.165, 1.54) is 6.07 Å². The largest absolute Gasteiger partial charge is 0.349 e. The van der Waals surface area contributed by atoms with Gasteiger partial charge >= 0.3 is 0 Å². The fourth-order valence-electron chi connectivity index (χ4n) is 3.37. The SMILES string of the molecule is CC1(C)CS(=O)(=O)N(c2cccc(C(=O)NC3CCCC3)c2)C1=O. The van der Waals surface area contributed by atoms with E-state index in [2.05, 4.69) is 5.32 Å². The summed E-state index contributed by atoms with van der Waals surface area (Å²) in [5.74, 6) is -0.917. The molecule has 0 radical (unpaired) electrons. The van der Waals surface area contributed by atoms with Crippen LogP contribution in [0.2, 0.25) is 0 Å². The molecular weight excluding hydrogens is 328 g/mol. The predicted octanol–water partition coefficient (Wildman–Crippen LogP) is 2.06. The van der Waals surface area contributed by atoms with Crippen molar-refractivity contribution in [2.75, 3.05) is 10.1 Å². The maximum absolute atomic E-state index is 12.4. The van der Waals surface area contributed by atoms with Crippen LogP contribution in [-0.2, 0) is 14.8 Å². The highest BCUT2D eigenvalue weighted by Gasteiger charge is 2.49. The first-order valence-electron chi connectivity index (χ1n) is 8.19. The number of amides is 2. The highest BCUT2D eigenvalue weighted by atomic mass is 32.2. The van der Waals surface area contributed by atoms with E-state index in [1.807, 2.05) is 0 Å². The Morgan fingerprint density at radius 1 is 1.25 bits per heavy atom. The fourth-order valence-corrected chi connectivity index (χ4v) is 5.47. The van der Waals surface area contributed by atoms with Crippen LogP contribution in [0.25, 0.3) is 0 Å². The van der Waals surface area contributed by atoms with Crippen molar-refractivity contribution in [3.05, 3.63) is 29.8 Å². The lowest BCUT2D eigenvalue weighted by atomic mass is 9.95. The van der Waals surface area contributed by atoms with E-state index in [0.29, 0.717) is 5.56 Å². The lowest BCUT2D eigenvalue weighted by Gasteiger charge is -2.18. The maximum atomic E-state index is 12.4. The van der Waals surface area contributed by atoms with Crippen molar-refractivity contribution in [3.63, 3.8) is 0 Å². The van der Waals surface area contributed by atoms with Gasteiger partial charge < -0.3 is 5.32 Å². The summed E-state index contributed by atoms with van der Waals surface area (Å²) in [7, 11) is -3.71. The number of hydrogen-bond donors (Lipinski definition) is 1. The third-order valence-electron chi connectivity index (χ3n) is 4.62. The minimum atomic E-state index is -3.71. The molecule has 2 fully saturated rings. The van der Waals surface area contributed by atoms with Crippen LogP contribution in [0.5, 0.6) is 0 Å². The van der Waals surface area contributed by atoms with Gasteiger partial charge in [0.25, 0.3) is 5.91 Å². The summed E-state index contributed by atoms with van der Waals surface area (Å²) in [5, 5.41) is 2.97. The van der Waals surface area contributed by atoms with E-state index in [9.17, 15) is 18.0 Å². The van der Waals surface area contributed by atoms with Crippen LogP contribution in [0.3, 0.4) is 0 Å². The minimum Gasteiger partial charge on any atom is -0.349 e. The van der Waals surface area contributed by atoms with Crippen molar-refractivity contribution in [3.8, 4) is 0 Å². The molecule has 0 unspecified atom stereocenters. The van der Waals surface area contributed by atoms with Gasteiger partial charge in [-0.1, -0.05) is 18.9 Å². The first-order valence-corrected chi connectivity index (χ1v) is 9.80. The molecule has 0 aromatic heterocycles. The van der Waals surface area contributed by atoms with Crippen molar-refractivity contribution in [1.29, 1.82) is 0 Å². The van der Waals surface area contributed by atoms with Gasteiger partial charge in [-0.05, 0) is 44.9 Å². The maximum Gasteiger partial charge on any atom is 0.251 e. The fraction of sp³-hybridized carbons (Fsp3) is 0.529. The van der Waals surface area contributed by atoms with Gasteiger partial charge in [0, 0.05) is 11.6 Å². The molecule has 1 saturated heterocycles. The molecule has 7 heteroatoms. The van der Waals surface area contributed by atoms with E-state index in [-0.39, 0.29) is 23.4 Å². The number of anilines is 1. The molecule has 1 N–H and O–H groups in total. The summed E-state index contributed by atoms with van der Waals surface area (Å²) in [6, 6.07) is 6.43. The highest BCUT2D eigenvalue weighted by molar-refractivity contribution is 7.94. The Morgan fingerprint density at radius 2 is 1.92 bits per heavy atom. The van der Waals surface area contributed by atoms with Gasteiger partial charge in [-0.25, -0.2) is 12.7 Å². The van der Waals surface area contributed by atoms with Crippen molar-refractivity contribution in [2.45, 2.75) is 45.6 Å². The zero-order chi connectivity index (χ0) is 17.5. The van der Waals surface area contributed by atoms with Crippen molar-refractivity contribution in [2.24, 2.45) is 5.41 Å². The topological polar surface area (TPSA) is 83.6 Å². The number of carbonyl (C=O) groups is 2. The molecule has 1 aliphatic carbocycles. The summed E-state index contributed by atoms with van der Waals surface area (Å²) in [6.45, 7) is 3.23. The Labute approximate surface area is 142 Å². The van der Waals surface area contributed by atoms with Crippen molar-refractivity contribution in [1.82, 2.24) is 5.32 Å². The van der Waals surface area contributed by atoms with Crippen LogP contribution < -0.4 is 9.62 Å². The molecule has 2 aliphatic rings. The average molecular weight is 350 g/mol. The van der Waals surface area contributed by atoms with Gasteiger partial charge in [0.05, 0.1) is 16.9 Å². The number of benzene rings is 1. The van der Waals surface area contributed by atoms with Gasteiger partial charge in [-0.3, -0.25) is 9.59 Å². The molecule has 1 aromatic rings. The van der Waals surface area contributed by atoms with Gasteiger partial charge in [0.2, 0.25) is 15.9 Å². The molecule has 1 aliphatic heterocycles. The molecule has 1 saturated carbocycles. The Morgan fingerprint density at radius 3 is 2.50 bits per heavy atom. The molecule has 1 aromatic carbocycles. The molecule has 2 amide bonds. The highest BCUT2D eigenvalue weighted by Crippen LogP contribution is 2.35. The number of hydrogen-bond acceptors (Lipinski definition) is 4. The van der Waals surface area contributed by atoms with Crippen LogP contribution in [0.15, 0.2) is 24.3 Å². The van der Waals surface area contributed by atoms with Crippen molar-refractivity contribution >= 4 is 27.5 Å². The molecule has 1 heterocycles. The van der Waals surface area contributed by atoms with E-state index in [0.717, 1.165) is 30.0 Å². The van der Waals surface area contributed by atoms with Gasteiger partial charge in [-0.15, -0.1) is 0 Å². The molecule has 24 heavy (non-hydrogen) atoms. The monoisotopic (exact) mass is 350 g/mol. The van der Waals surface area contributed by atoms with Gasteiger partial charge in [-0.2, -0.15) is 0 Å². The van der Waals surface area contributed by atoms with Crippen LogP contribution in [0.4, 0.5) is 5.69 Å². The molecule has 0 bridgehead atoms. The Kier molecular flexibility index (Phi) is 4.15. The van der Waals surface area contributed by atoms with E-state index < -0.39 is 21.3 Å². The predicted molar refractivity (Wildman–Crippen MR) is 91.2 cm³/mol. The van der Waals surface area contributed by atoms with Crippen LogP contribution in [-0.4, -0.2) is 32.0 Å². The summed E-state index contributed by atoms with van der Waals surface area (Å²) in [4.78, 5) is 24.8. The quantitative estimate of drug-likeness (QED) is 0.904. The Bertz CT molecular complexity index is 780. The summed E-state index contributed by atoms with van der Waals surface area (Å²) >= 11 is 0. The standard InChI is InChI=1S/C17H22N2O4S/c1-17(2)11-24(22,23)19(16(17)21)14-9-5-6-12(10-14)15(20)18-13-7-3-4-8-13/h5-6,9-10,13H,3-4,7-8,11H2,1-2H3,(H,18,20). The third kappa shape index (κ3) is 3.05.